The number of aliphatic carboxylic acids is 1. The molecule has 0 radical (unpaired) electrons. The van der Waals surface area contributed by atoms with E-state index in [1.54, 1.807) is 6.92 Å². The zero-order valence-corrected chi connectivity index (χ0v) is 9.99. The Balaban J connectivity index is 3.45. The molecule has 1 unspecified atom stereocenters. The van der Waals surface area contributed by atoms with Crippen LogP contribution in [0.4, 0.5) is 0 Å². The fourth-order valence-electron chi connectivity index (χ4n) is 1.33. The molecule has 0 aliphatic heterocycles. The maximum Gasteiger partial charge on any atom is 0.307 e. The Hall–Kier alpha value is -1.10. The summed E-state index contributed by atoms with van der Waals surface area (Å²) in [5.74, 6) is -1.27. The van der Waals surface area contributed by atoms with Gasteiger partial charge in [-0.25, -0.2) is 0 Å². The van der Waals surface area contributed by atoms with Gasteiger partial charge in [-0.05, 0) is 26.3 Å². The molecule has 0 rings (SSSR count). The van der Waals surface area contributed by atoms with Crippen LogP contribution < -0.4 is 5.32 Å². The minimum atomic E-state index is -0.755. The van der Waals surface area contributed by atoms with Crippen molar-refractivity contribution in [3.63, 3.8) is 0 Å². The Morgan fingerprint density at radius 2 is 2.00 bits per heavy atom. The van der Waals surface area contributed by atoms with E-state index in [9.17, 15) is 9.59 Å². The standard InChI is InChI=1S/C11H21NO4/c1-3-9(11(14)15)5-7-12-8-6-10(13)16-4-2/h9,12H,3-8H2,1-2H3,(H,14,15). The minimum Gasteiger partial charge on any atom is -0.481 e. The SMILES string of the molecule is CCOC(=O)CCNCCC(CC)C(=O)O. The highest BCUT2D eigenvalue weighted by Gasteiger charge is 2.13. The van der Waals surface area contributed by atoms with Crippen LogP contribution in [-0.4, -0.2) is 36.7 Å². The monoisotopic (exact) mass is 231 g/mol. The number of carboxylic acids is 1. The van der Waals surface area contributed by atoms with E-state index in [1.807, 2.05) is 6.92 Å². The lowest BCUT2D eigenvalue weighted by Crippen LogP contribution is -2.24. The molecule has 0 amide bonds. The average molecular weight is 231 g/mol. The van der Waals surface area contributed by atoms with E-state index < -0.39 is 5.97 Å². The van der Waals surface area contributed by atoms with Gasteiger partial charge in [-0.1, -0.05) is 6.92 Å². The number of hydrogen-bond donors (Lipinski definition) is 2. The van der Waals surface area contributed by atoms with E-state index >= 15 is 0 Å². The third-order valence-corrected chi connectivity index (χ3v) is 2.32. The summed E-state index contributed by atoms with van der Waals surface area (Å²) in [7, 11) is 0. The van der Waals surface area contributed by atoms with Crippen molar-refractivity contribution in [2.75, 3.05) is 19.7 Å². The van der Waals surface area contributed by atoms with Crippen LogP contribution in [0.25, 0.3) is 0 Å². The fourth-order valence-corrected chi connectivity index (χ4v) is 1.33. The summed E-state index contributed by atoms with van der Waals surface area (Å²) in [4.78, 5) is 21.6. The maximum atomic E-state index is 10.9. The predicted octanol–water partition coefficient (Wildman–Crippen LogP) is 1.03. The summed E-state index contributed by atoms with van der Waals surface area (Å²) in [6.07, 6.45) is 1.56. The van der Waals surface area contributed by atoms with Gasteiger partial charge in [0.2, 0.25) is 0 Å². The Labute approximate surface area is 96.2 Å². The first-order valence-electron chi connectivity index (χ1n) is 5.70. The van der Waals surface area contributed by atoms with Crippen LogP contribution in [0.5, 0.6) is 0 Å². The van der Waals surface area contributed by atoms with E-state index in [0.717, 1.165) is 0 Å². The predicted molar refractivity (Wildman–Crippen MR) is 60.2 cm³/mol. The molecule has 94 valence electrons. The van der Waals surface area contributed by atoms with Crippen molar-refractivity contribution in [2.24, 2.45) is 5.92 Å². The summed E-state index contributed by atoms with van der Waals surface area (Å²) >= 11 is 0. The molecule has 0 fully saturated rings. The van der Waals surface area contributed by atoms with Crippen LogP contribution in [-0.2, 0) is 14.3 Å². The van der Waals surface area contributed by atoms with Gasteiger partial charge in [0.15, 0.2) is 0 Å². The number of carbonyl (C=O) groups is 2. The molecule has 5 heteroatoms. The highest BCUT2D eigenvalue weighted by atomic mass is 16.5. The molecular weight excluding hydrogens is 210 g/mol. The average Bonchev–Trinajstić information content (AvgIpc) is 2.23. The quantitative estimate of drug-likeness (QED) is 0.458. The summed E-state index contributed by atoms with van der Waals surface area (Å²) < 4.78 is 4.76. The lowest BCUT2D eigenvalue weighted by atomic mass is 10.0. The van der Waals surface area contributed by atoms with Crippen LogP contribution >= 0.6 is 0 Å². The Kier molecular flexibility index (Phi) is 8.52. The molecule has 5 nitrogen and oxygen atoms in total. The topological polar surface area (TPSA) is 75.6 Å². The van der Waals surface area contributed by atoms with Crippen LogP contribution in [0, 0.1) is 5.92 Å². The van der Waals surface area contributed by atoms with Gasteiger partial charge in [0.25, 0.3) is 0 Å². The van der Waals surface area contributed by atoms with Gasteiger partial charge >= 0.3 is 11.9 Å². The third kappa shape index (κ3) is 7.23. The highest BCUT2D eigenvalue weighted by molar-refractivity contribution is 5.70. The second-order valence-electron chi connectivity index (χ2n) is 3.54. The smallest absolute Gasteiger partial charge is 0.307 e. The molecule has 1 atom stereocenters. The Morgan fingerprint density at radius 3 is 2.50 bits per heavy atom. The Morgan fingerprint density at radius 1 is 1.31 bits per heavy atom. The molecule has 0 saturated carbocycles. The summed E-state index contributed by atoms with van der Waals surface area (Å²) in [5, 5.41) is 11.8. The molecule has 0 bridgehead atoms. The van der Waals surface area contributed by atoms with Crippen molar-refractivity contribution in [3.8, 4) is 0 Å². The van der Waals surface area contributed by atoms with Crippen molar-refractivity contribution < 1.29 is 19.4 Å². The lowest BCUT2D eigenvalue weighted by Gasteiger charge is -2.09. The van der Waals surface area contributed by atoms with Crippen molar-refractivity contribution >= 4 is 11.9 Å². The fraction of sp³-hybridized carbons (Fsp3) is 0.818. The van der Waals surface area contributed by atoms with Gasteiger partial charge in [-0.15, -0.1) is 0 Å². The largest absolute Gasteiger partial charge is 0.481 e. The van der Waals surface area contributed by atoms with E-state index in [4.69, 9.17) is 9.84 Å². The molecule has 0 spiro atoms. The van der Waals surface area contributed by atoms with Crippen LogP contribution in [0.1, 0.15) is 33.1 Å². The molecule has 0 saturated heterocycles. The van der Waals surface area contributed by atoms with Gasteiger partial charge in [-0.2, -0.15) is 0 Å². The zero-order valence-electron chi connectivity index (χ0n) is 9.99. The highest BCUT2D eigenvalue weighted by Crippen LogP contribution is 2.06. The summed E-state index contributed by atoms with van der Waals surface area (Å²) in [6.45, 7) is 5.18. The van der Waals surface area contributed by atoms with E-state index in [0.29, 0.717) is 39.0 Å². The number of carbonyl (C=O) groups excluding carboxylic acids is 1. The number of rotatable bonds is 9. The van der Waals surface area contributed by atoms with Crippen molar-refractivity contribution in [3.05, 3.63) is 0 Å². The van der Waals surface area contributed by atoms with Gasteiger partial charge in [0.05, 0.1) is 18.9 Å². The zero-order chi connectivity index (χ0) is 12.4. The second-order valence-corrected chi connectivity index (χ2v) is 3.54. The van der Waals surface area contributed by atoms with Gasteiger partial charge in [-0.3, -0.25) is 9.59 Å². The molecule has 0 aliphatic rings. The number of esters is 1. The number of nitrogens with one attached hydrogen (secondary N) is 1. The van der Waals surface area contributed by atoms with Gasteiger partial charge in [0.1, 0.15) is 0 Å². The summed E-state index contributed by atoms with van der Waals surface area (Å²) in [6, 6.07) is 0. The first-order valence-corrected chi connectivity index (χ1v) is 5.70. The van der Waals surface area contributed by atoms with Gasteiger partial charge < -0.3 is 15.2 Å². The van der Waals surface area contributed by atoms with Crippen LogP contribution in [0.3, 0.4) is 0 Å². The molecule has 0 aliphatic carbocycles. The molecular formula is C11H21NO4. The minimum absolute atomic E-state index is 0.222. The van der Waals surface area contributed by atoms with Crippen molar-refractivity contribution in [1.82, 2.24) is 5.32 Å². The summed E-state index contributed by atoms with van der Waals surface area (Å²) in [5.41, 5.74) is 0. The third-order valence-electron chi connectivity index (χ3n) is 2.32. The van der Waals surface area contributed by atoms with Crippen molar-refractivity contribution in [2.45, 2.75) is 33.1 Å². The van der Waals surface area contributed by atoms with E-state index in [2.05, 4.69) is 5.32 Å². The van der Waals surface area contributed by atoms with E-state index in [1.165, 1.54) is 0 Å². The van der Waals surface area contributed by atoms with Gasteiger partial charge in [0, 0.05) is 6.54 Å². The van der Waals surface area contributed by atoms with E-state index in [-0.39, 0.29) is 11.9 Å². The second kappa shape index (κ2) is 9.15. The molecule has 0 aromatic heterocycles. The van der Waals surface area contributed by atoms with Crippen molar-refractivity contribution in [1.29, 1.82) is 0 Å². The molecule has 16 heavy (non-hydrogen) atoms. The number of ether oxygens (including phenoxy) is 1. The molecule has 2 N–H and O–H groups in total. The molecule has 0 aromatic rings. The number of carboxylic acid groups (broad SMARTS) is 1. The lowest BCUT2D eigenvalue weighted by molar-refractivity contribution is -0.143. The number of hydrogen-bond acceptors (Lipinski definition) is 4. The molecule has 0 heterocycles. The first kappa shape index (κ1) is 14.9. The Bertz CT molecular complexity index is 218. The maximum absolute atomic E-state index is 10.9. The normalized spacial score (nSPS) is 12.1. The first-order chi connectivity index (χ1) is 7.61. The van der Waals surface area contributed by atoms with Crippen LogP contribution in [0.15, 0.2) is 0 Å². The van der Waals surface area contributed by atoms with Crippen LogP contribution in [0.2, 0.25) is 0 Å². The molecule has 0 aromatic carbocycles.